The molecule has 0 aliphatic carbocycles. The molecule has 42 valence electrons. The smallest absolute Gasteiger partial charge is 0.321 e. The molecule has 0 saturated heterocycles. The SMILES string of the molecule is C[C@@H](NN)C(=O)O. The summed E-state index contributed by atoms with van der Waals surface area (Å²) in [5, 5.41) is 8.04. The van der Waals surface area contributed by atoms with Crippen LogP contribution in [-0.4, -0.2) is 17.1 Å². The molecule has 7 heavy (non-hydrogen) atoms. The summed E-state index contributed by atoms with van der Waals surface area (Å²) in [4.78, 5) is 9.79. The van der Waals surface area contributed by atoms with Crippen molar-refractivity contribution in [2.24, 2.45) is 5.84 Å². The van der Waals surface area contributed by atoms with Gasteiger partial charge in [0.15, 0.2) is 0 Å². The lowest BCUT2D eigenvalue weighted by Crippen LogP contribution is -2.38. The van der Waals surface area contributed by atoms with E-state index < -0.39 is 12.0 Å². The van der Waals surface area contributed by atoms with Gasteiger partial charge in [-0.15, -0.1) is 0 Å². The predicted octanol–water partition coefficient (Wildman–Crippen LogP) is -1.08. The zero-order valence-electron chi connectivity index (χ0n) is 4.01. The molecule has 0 aromatic carbocycles. The van der Waals surface area contributed by atoms with E-state index in [0.29, 0.717) is 0 Å². The van der Waals surface area contributed by atoms with Crippen molar-refractivity contribution in [2.45, 2.75) is 13.0 Å². The van der Waals surface area contributed by atoms with Crippen LogP contribution < -0.4 is 11.3 Å². The van der Waals surface area contributed by atoms with Crippen LogP contribution in [0.15, 0.2) is 0 Å². The van der Waals surface area contributed by atoms with Gasteiger partial charge in [-0.25, -0.2) is 5.43 Å². The predicted molar refractivity (Wildman–Crippen MR) is 24.4 cm³/mol. The van der Waals surface area contributed by atoms with Crippen LogP contribution >= 0.6 is 0 Å². The van der Waals surface area contributed by atoms with Gasteiger partial charge in [0.1, 0.15) is 6.04 Å². The third kappa shape index (κ3) is 2.13. The van der Waals surface area contributed by atoms with Crippen LogP contribution in [0.1, 0.15) is 6.92 Å². The van der Waals surface area contributed by atoms with Gasteiger partial charge in [0.05, 0.1) is 0 Å². The highest BCUT2D eigenvalue weighted by Gasteiger charge is 2.04. The second kappa shape index (κ2) is 2.54. The van der Waals surface area contributed by atoms with Crippen LogP contribution in [0.4, 0.5) is 0 Å². The number of carboxylic acids is 1. The van der Waals surface area contributed by atoms with Gasteiger partial charge in [-0.3, -0.25) is 10.6 Å². The van der Waals surface area contributed by atoms with Crippen LogP contribution in [0.2, 0.25) is 0 Å². The molecule has 0 saturated carbocycles. The fraction of sp³-hybridized carbons (Fsp3) is 0.667. The number of carbonyl (C=O) groups is 1. The largest absolute Gasteiger partial charge is 0.480 e. The summed E-state index contributed by atoms with van der Waals surface area (Å²) in [7, 11) is 0. The van der Waals surface area contributed by atoms with Crippen molar-refractivity contribution < 1.29 is 9.90 Å². The van der Waals surface area contributed by atoms with E-state index in [1.165, 1.54) is 6.92 Å². The van der Waals surface area contributed by atoms with Gasteiger partial charge in [-0.1, -0.05) is 0 Å². The molecule has 0 aromatic rings. The lowest BCUT2D eigenvalue weighted by atomic mass is 10.4. The normalized spacial score (nSPS) is 13.4. The zero-order valence-corrected chi connectivity index (χ0v) is 4.01. The van der Waals surface area contributed by atoms with Crippen LogP contribution in [-0.2, 0) is 4.79 Å². The molecule has 0 aromatic heterocycles. The molecular weight excluding hydrogens is 96.0 g/mol. The molecule has 4 nitrogen and oxygen atoms in total. The van der Waals surface area contributed by atoms with E-state index in [1.807, 2.05) is 0 Å². The Morgan fingerprint density at radius 2 is 2.43 bits per heavy atom. The summed E-state index contributed by atoms with van der Waals surface area (Å²) in [5.41, 5.74) is 2.06. The number of hydrogen-bond donors (Lipinski definition) is 3. The van der Waals surface area contributed by atoms with Crippen molar-refractivity contribution in [3.05, 3.63) is 0 Å². The number of nitrogens with two attached hydrogens (primary N) is 1. The molecule has 0 unspecified atom stereocenters. The summed E-state index contributed by atoms with van der Waals surface area (Å²) < 4.78 is 0. The number of nitrogens with one attached hydrogen (secondary N) is 1. The van der Waals surface area contributed by atoms with Crippen LogP contribution in [0.25, 0.3) is 0 Å². The lowest BCUT2D eigenvalue weighted by molar-refractivity contribution is -0.138. The van der Waals surface area contributed by atoms with E-state index in [1.54, 1.807) is 0 Å². The standard InChI is InChI=1S/C3H8N2O2/c1-2(5-4)3(6)7/h2,5H,4H2,1H3,(H,6,7)/t2-/m1/s1. The molecule has 0 heterocycles. The van der Waals surface area contributed by atoms with Gasteiger partial charge in [0.2, 0.25) is 0 Å². The Balaban J connectivity index is 3.34. The summed E-state index contributed by atoms with van der Waals surface area (Å²) in [6.45, 7) is 1.46. The number of hydrogen-bond acceptors (Lipinski definition) is 3. The molecule has 4 N–H and O–H groups in total. The van der Waals surface area contributed by atoms with Gasteiger partial charge in [0, 0.05) is 0 Å². The van der Waals surface area contributed by atoms with Crippen LogP contribution in [0, 0.1) is 0 Å². The second-order valence-electron chi connectivity index (χ2n) is 1.23. The molecule has 0 rings (SSSR count). The molecule has 0 amide bonds. The maximum absolute atomic E-state index is 9.79. The summed E-state index contributed by atoms with van der Waals surface area (Å²) in [6.07, 6.45) is 0. The Kier molecular flexibility index (Phi) is 2.32. The molecule has 0 aliphatic heterocycles. The number of aliphatic carboxylic acids is 1. The number of carboxylic acid groups (broad SMARTS) is 1. The third-order valence-corrected chi connectivity index (χ3v) is 0.620. The minimum atomic E-state index is -0.942. The Morgan fingerprint density at radius 1 is 2.00 bits per heavy atom. The highest BCUT2D eigenvalue weighted by Crippen LogP contribution is 1.72. The second-order valence-corrected chi connectivity index (χ2v) is 1.23. The maximum Gasteiger partial charge on any atom is 0.321 e. The van der Waals surface area contributed by atoms with Crippen molar-refractivity contribution in [3.63, 3.8) is 0 Å². The summed E-state index contributed by atoms with van der Waals surface area (Å²) in [6, 6.07) is -0.653. The van der Waals surface area contributed by atoms with Gasteiger partial charge >= 0.3 is 5.97 Å². The highest BCUT2D eigenvalue weighted by atomic mass is 16.4. The van der Waals surface area contributed by atoms with Crippen molar-refractivity contribution in [1.82, 2.24) is 5.43 Å². The quantitative estimate of drug-likeness (QED) is 0.308. The Labute approximate surface area is 41.3 Å². The van der Waals surface area contributed by atoms with Crippen molar-refractivity contribution >= 4 is 5.97 Å². The average Bonchev–Trinajstić information content (AvgIpc) is 1.65. The molecule has 0 bridgehead atoms. The van der Waals surface area contributed by atoms with E-state index in [-0.39, 0.29) is 0 Å². The molecule has 0 radical (unpaired) electrons. The first-order valence-corrected chi connectivity index (χ1v) is 1.87. The molecule has 4 heteroatoms. The highest BCUT2D eigenvalue weighted by molar-refractivity contribution is 5.72. The monoisotopic (exact) mass is 104 g/mol. The van der Waals surface area contributed by atoms with E-state index in [2.05, 4.69) is 5.43 Å². The lowest BCUT2D eigenvalue weighted by Gasteiger charge is -1.99. The maximum atomic E-state index is 9.79. The van der Waals surface area contributed by atoms with Crippen LogP contribution in [0.3, 0.4) is 0 Å². The Hall–Kier alpha value is -0.610. The average molecular weight is 104 g/mol. The van der Waals surface area contributed by atoms with Crippen molar-refractivity contribution in [2.75, 3.05) is 0 Å². The molecular formula is C3H8N2O2. The van der Waals surface area contributed by atoms with Crippen molar-refractivity contribution in [1.29, 1.82) is 0 Å². The third-order valence-electron chi connectivity index (χ3n) is 0.620. The minimum Gasteiger partial charge on any atom is -0.480 e. The van der Waals surface area contributed by atoms with E-state index in [4.69, 9.17) is 10.9 Å². The van der Waals surface area contributed by atoms with Gasteiger partial charge < -0.3 is 5.11 Å². The summed E-state index contributed by atoms with van der Waals surface area (Å²) in [5.74, 6) is 3.80. The Morgan fingerprint density at radius 3 is 2.43 bits per heavy atom. The van der Waals surface area contributed by atoms with Crippen molar-refractivity contribution in [3.8, 4) is 0 Å². The first-order valence-electron chi connectivity index (χ1n) is 1.87. The Bertz CT molecular complexity index is 73.3. The summed E-state index contributed by atoms with van der Waals surface area (Å²) >= 11 is 0. The number of rotatable bonds is 2. The fourth-order valence-electron chi connectivity index (χ4n) is 0.0713. The first kappa shape index (κ1) is 6.39. The zero-order chi connectivity index (χ0) is 5.86. The van der Waals surface area contributed by atoms with Gasteiger partial charge in [-0.05, 0) is 6.92 Å². The van der Waals surface area contributed by atoms with E-state index in [0.717, 1.165) is 0 Å². The van der Waals surface area contributed by atoms with Gasteiger partial charge in [-0.2, -0.15) is 0 Å². The first-order chi connectivity index (χ1) is 3.18. The topological polar surface area (TPSA) is 75.3 Å². The molecule has 1 atom stereocenters. The van der Waals surface area contributed by atoms with E-state index >= 15 is 0 Å². The van der Waals surface area contributed by atoms with Gasteiger partial charge in [0.25, 0.3) is 0 Å². The molecule has 0 fully saturated rings. The van der Waals surface area contributed by atoms with E-state index in [9.17, 15) is 4.79 Å². The molecule has 0 aliphatic rings. The van der Waals surface area contributed by atoms with Crippen LogP contribution in [0.5, 0.6) is 0 Å². The molecule has 0 spiro atoms. The minimum absolute atomic E-state index is 0.653. The number of hydrazine groups is 1. The fourth-order valence-corrected chi connectivity index (χ4v) is 0.0713.